The molecule has 1 aliphatic carbocycles. The number of ether oxygens (including phenoxy) is 1. The average molecular weight is 224 g/mol. The van der Waals surface area contributed by atoms with Crippen molar-refractivity contribution in [2.45, 2.75) is 12.5 Å². The van der Waals surface area contributed by atoms with Crippen LogP contribution < -0.4 is 0 Å². The molecule has 17 heavy (non-hydrogen) atoms. The second kappa shape index (κ2) is 5.01. The van der Waals surface area contributed by atoms with Gasteiger partial charge in [0, 0.05) is 7.11 Å². The van der Waals surface area contributed by atoms with E-state index in [9.17, 15) is 0 Å². The fourth-order valence-electron chi connectivity index (χ4n) is 1.93. The number of rotatable bonds is 3. The Morgan fingerprint density at radius 3 is 2.59 bits per heavy atom. The summed E-state index contributed by atoms with van der Waals surface area (Å²) in [5.41, 5.74) is 4.90. The summed E-state index contributed by atoms with van der Waals surface area (Å²) in [6.07, 6.45) is 9.89. The molecule has 1 atom stereocenters. The summed E-state index contributed by atoms with van der Waals surface area (Å²) >= 11 is 0. The zero-order valence-electron chi connectivity index (χ0n) is 10.2. The molecule has 0 aromatic heterocycles. The van der Waals surface area contributed by atoms with Crippen LogP contribution in [0.5, 0.6) is 0 Å². The minimum atomic E-state index is -0.422. The van der Waals surface area contributed by atoms with E-state index < -0.39 is 5.60 Å². The molecule has 2 rings (SSSR count). The first kappa shape index (κ1) is 11.7. The Labute approximate surface area is 102 Å². The van der Waals surface area contributed by atoms with Gasteiger partial charge in [-0.15, -0.1) is 5.73 Å². The van der Waals surface area contributed by atoms with E-state index in [-0.39, 0.29) is 0 Å². The predicted molar refractivity (Wildman–Crippen MR) is 70.7 cm³/mol. The molecule has 0 bridgehead atoms. The Morgan fingerprint density at radius 2 is 1.88 bits per heavy atom. The molecule has 1 nitrogen and oxygen atoms in total. The topological polar surface area (TPSA) is 9.23 Å². The van der Waals surface area contributed by atoms with Crippen molar-refractivity contribution in [3.8, 4) is 0 Å². The van der Waals surface area contributed by atoms with Crippen LogP contribution in [-0.4, -0.2) is 7.11 Å². The summed E-state index contributed by atoms with van der Waals surface area (Å²) < 4.78 is 5.74. The smallest absolute Gasteiger partial charge is 0.115 e. The summed E-state index contributed by atoms with van der Waals surface area (Å²) in [4.78, 5) is 0. The fraction of sp³-hybridized carbons (Fsp3) is 0.188. The van der Waals surface area contributed by atoms with E-state index in [1.54, 1.807) is 7.11 Å². The van der Waals surface area contributed by atoms with Crippen LogP contribution in [0.25, 0.3) is 0 Å². The van der Waals surface area contributed by atoms with Gasteiger partial charge in [-0.3, -0.25) is 0 Å². The molecular weight excluding hydrogens is 208 g/mol. The maximum atomic E-state index is 5.74. The quantitative estimate of drug-likeness (QED) is 0.710. The minimum absolute atomic E-state index is 0.422. The summed E-state index contributed by atoms with van der Waals surface area (Å²) in [6, 6.07) is 10.2. The highest BCUT2D eigenvalue weighted by atomic mass is 16.5. The molecule has 0 aliphatic heterocycles. The van der Waals surface area contributed by atoms with E-state index in [4.69, 9.17) is 4.74 Å². The van der Waals surface area contributed by atoms with Gasteiger partial charge in [0.15, 0.2) is 0 Å². The lowest BCUT2D eigenvalue weighted by molar-refractivity contribution is 0.0385. The van der Waals surface area contributed by atoms with Crippen LogP contribution >= 0.6 is 0 Å². The number of allylic oxidation sites excluding steroid dienone is 3. The molecule has 1 unspecified atom stereocenters. The molecule has 0 fully saturated rings. The average Bonchev–Trinajstić information content (AvgIpc) is 2.68. The first-order valence-corrected chi connectivity index (χ1v) is 5.68. The molecule has 0 spiro atoms. The van der Waals surface area contributed by atoms with Gasteiger partial charge in [-0.2, -0.15) is 0 Å². The normalized spacial score (nSPS) is 17.4. The van der Waals surface area contributed by atoms with Crippen molar-refractivity contribution in [3.05, 3.63) is 77.6 Å². The lowest BCUT2D eigenvalue weighted by Gasteiger charge is -2.30. The second-order valence-electron chi connectivity index (χ2n) is 4.08. The van der Waals surface area contributed by atoms with Gasteiger partial charge >= 0.3 is 0 Å². The summed E-state index contributed by atoms with van der Waals surface area (Å²) in [6.45, 7) is 2.08. The molecule has 0 radical (unpaired) electrons. The first-order valence-electron chi connectivity index (χ1n) is 5.68. The zero-order valence-corrected chi connectivity index (χ0v) is 10.2. The van der Waals surface area contributed by atoms with Crippen molar-refractivity contribution in [1.29, 1.82) is 0 Å². The fourth-order valence-corrected chi connectivity index (χ4v) is 1.93. The Hall–Kier alpha value is -1.82. The summed E-state index contributed by atoms with van der Waals surface area (Å²) in [7, 11) is 1.74. The Kier molecular flexibility index (Phi) is 3.43. The third-order valence-corrected chi connectivity index (χ3v) is 3.11. The molecule has 0 saturated heterocycles. The monoisotopic (exact) mass is 224 g/mol. The van der Waals surface area contributed by atoms with Crippen molar-refractivity contribution >= 4 is 0 Å². The molecule has 1 heteroatoms. The Bertz CT molecular complexity index is 502. The highest BCUT2D eigenvalue weighted by molar-refractivity contribution is 5.41. The maximum Gasteiger partial charge on any atom is 0.115 e. The van der Waals surface area contributed by atoms with Gasteiger partial charge in [-0.25, -0.2) is 0 Å². The Balaban J connectivity index is 2.45. The van der Waals surface area contributed by atoms with E-state index in [2.05, 4.69) is 30.9 Å². The van der Waals surface area contributed by atoms with Crippen LogP contribution in [0.1, 0.15) is 12.5 Å². The number of methoxy groups -OCH3 is 1. The van der Waals surface area contributed by atoms with Crippen LogP contribution in [0.15, 0.2) is 72.0 Å². The first-order chi connectivity index (χ1) is 8.27. The van der Waals surface area contributed by atoms with Gasteiger partial charge in [0.2, 0.25) is 0 Å². The molecule has 0 saturated carbocycles. The summed E-state index contributed by atoms with van der Waals surface area (Å²) in [5.74, 6) is 0. The zero-order chi connectivity index (χ0) is 12.1. The predicted octanol–water partition coefficient (Wildman–Crippen LogP) is 3.76. The molecule has 1 aliphatic rings. The maximum absolute atomic E-state index is 5.74. The highest BCUT2D eigenvalue weighted by Gasteiger charge is 2.29. The van der Waals surface area contributed by atoms with Crippen LogP contribution in [-0.2, 0) is 10.3 Å². The minimum Gasteiger partial charge on any atom is -0.369 e. The van der Waals surface area contributed by atoms with Crippen molar-refractivity contribution in [1.82, 2.24) is 0 Å². The van der Waals surface area contributed by atoms with Gasteiger partial charge < -0.3 is 4.74 Å². The molecule has 86 valence electrons. The van der Waals surface area contributed by atoms with Crippen molar-refractivity contribution in [3.63, 3.8) is 0 Å². The summed E-state index contributed by atoms with van der Waals surface area (Å²) in [5, 5.41) is 0. The standard InChI is InChI=1S/C16H16O/c1-16(17-2,15-12-8-5-9-13-15)14-10-6-3-4-7-11-14/h3,5-13H,1-2H3. The van der Waals surface area contributed by atoms with E-state index in [0.29, 0.717) is 0 Å². The van der Waals surface area contributed by atoms with E-state index >= 15 is 0 Å². The van der Waals surface area contributed by atoms with Crippen molar-refractivity contribution in [2.24, 2.45) is 0 Å². The van der Waals surface area contributed by atoms with Gasteiger partial charge in [0.05, 0.1) is 0 Å². The van der Waals surface area contributed by atoms with E-state index in [1.807, 2.05) is 42.5 Å². The van der Waals surface area contributed by atoms with Crippen molar-refractivity contribution in [2.75, 3.05) is 7.11 Å². The number of benzene rings is 1. The highest BCUT2D eigenvalue weighted by Crippen LogP contribution is 2.33. The molecular formula is C16H16O. The van der Waals surface area contributed by atoms with Crippen molar-refractivity contribution < 1.29 is 4.74 Å². The largest absolute Gasteiger partial charge is 0.369 e. The second-order valence-corrected chi connectivity index (χ2v) is 4.08. The lowest BCUT2D eigenvalue weighted by Crippen LogP contribution is -2.26. The SMILES string of the molecule is COC(C)(C1=CC=C=CC=C1)c1ccccc1. The van der Waals surface area contributed by atoms with Crippen LogP contribution in [0.2, 0.25) is 0 Å². The van der Waals surface area contributed by atoms with Crippen LogP contribution in [0, 0.1) is 0 Å². The van der Waals surface area contributed by atoms with Crippen LogP contribution in [0.3, 0.4) is 0 Å². The van der Waals surface area contributed by atoms with E-state index in [0.717, 1.165) is 11.1 Å². The molecule has 1 aromatic carbocycles. The third-order valence-electron chi connectivity index (χ3n) is 3.11. The van der Waals surface area contributed by atoms with Gasteiger partial charge in [0.25, 0.3) is 0 Å². The molecule has 0 N–H and O–H groups in total. The van der Waals surface area contributed by atoms with Gasteiger partial charge in [-0.05, 0) is 36.3 Å². The Morgan fingerprint density at radius 1 is 1.12 bits per heavy atom. The molecule has 0 amide bonds. The van der Waals surface area contributed by atoms with Crippen LogP contribution in [0.4, 0.5) is 0 Å². The number of hydrogen-bond acceptors (Lipinski definition) is 1. The van der Waals surface area contributed by atoms with E-state index in [1.165, 1.54) is 0 Å². The third kappa shape index (κ3) is 2.31. The lowest BCUT2D eigenvalue weighted by atomic mass is 9.87. The van der Waals surface area contributed by atoms with Gasteiger partial charge in [0.1, 0.15) is 5.60 Å². The molecule has 1 aromatic rings. The molecule has 0 heterocycles. The number of hydrogen-bond donors (Lipinski definition) is 0. The van der Waals surface area contributed by atoms with Gasteiger partial charge in [-0.1, -0.05) is 42.5 Å².